The van der Waals surface area contributed by atoms with Crippen molar-refractivity contribution in [3.05, 3.63) is 81.2 Å². The molecule has 1 aliphatic heterocycles. The van der Waals surface area contributed by atoms with Gasteiger partial charge in [-0.05, 0) is 0 Å². The third kappa shape index (κ3) is 2.69. The van der Waals surface area contributed by atoms with Crippen LogP contribution in [0.1, 0.15) is 10.9 Å². The molecule has 0 radical (unpaired) electrons. The van der Waals surface area contributed by atoms with Gasteiger partial charge in [0.2, 0.25) is 0 Å². The number of carbonyl (C=O) groups excluding carboxylic acids is 2. The number of anilines is 3. The summed E-state index contributed by atoms with van der Waals surface area (Å²) in [7, 11) is -1.73. The van der Waals surface area contributed by atoms with Crippen molar-refractivity contribution in [2.24, 2.45) is 0 Å². The summed E-state index contributed by atoms with van der Waals surface area (Å²) in [6.07, 6.45) is 6.24. The van der Waals surface area contributed by atoms with Crippen LogP contribution in [-0.4, -0.2) is 34.1 Å². The van der Waals surface area contributed by atoms with Crippen molar-refractivity contribution < 1.29 is 9.59 Å². The first-order chi connectivity index (χ1) is 15.0. The molecule has 1 fully saturated rings. The fourth-order valence-electron chi connectivity index (χ4n) is 4.77. The third-order valence-corrected chi connectivity index (χ3v) is 13.1. The van der Waals surface area contributed by atoms with E-state index < -0.39 is 8.07 Å². The second-order valence-corrected chi connectivity index (χ2v) is 16.0. The Morgan fingerprint density at radius 1 is 0.968 bits per heavy atom. The van der Waals surface area contributed by atoms with E-state index in [1.807, 2.05) is 18.2 Å². The molecule has 6 heteroatoms. The van der Waals surface area contributed by atoms with Crippen molar-refractivity contribution in [1.29, 1.82) is 0 Å². The molecule has 0 saturated heterocycles. The first-order valence-electron chi connectivity index (χ1n) is 10.3. The van der Waals surface area contributed by atoms with Crippen LogP contribution < -0.4 is 15.3 Å². The summed E-state index contributed by atoms with van der Waals surface area (Å²) in [5.74, 6) is -0.231. The van der Waals surface area contributed by atoms with Gasteiger partial charge in [-0.3, -0.25) is 0 Å². The van der Waals surface area contributed by atoms with Crippen molar-refractivity contribution >= 4 is 77.2 Å². The zero-order chi connectivity index (χ0) is 21.3. The van der Waals surface area contributed by atoms with Gasteiger partial charge in [0.1, 0.15) is 0 Å². The Bertz CT molecular complexity index is 1360. The van der Waals surface area contributed by atoms with Crippen molar-refractivity contribution in [2.45, 2.75) is 19.5 Å². The minimum atomic E-state index is -1.73. The zero-order valence-electron chi connectivity index (χ0n) is 17.1. The first kappa shape index (κ1) is 19.2. The number of thiophene rings is 1. The van der Waals surface area contributed by atoms with Crippen molar-refractivity contribution in [2.75, 3.05) is 4.90 Å². The van der Waals surface area contributed by atoms with Crippen LogP contribution in [-0.2, 0) is 9.59 Å². The van der Waals surface area contributed by atoms with Gasteiger partial charge in [-0.15, -0.1) is 0 Å². The van der Waals surface area contributed by atoms with Gasteiger partial charge in [-0.25, -0.2) is 0 Å². The molecule has 0 unspecified atom stereocenters. The van der Waals surface area contributed by atoms with E-state index in [1.54, 1.807) is 11.3 Å². The second kappa shape index (κ2) is 6.75. The molecule has 0 bridgehead atoms. The summed E-state index contributed by atoms with van der Waals surface area (Å²) >= 11 is 1.82. The van der Waals surface area contributed by atoms with E-state index in [2.05, 4.69) is 65.8 Å². The van der Waals surface area contributed by atoms with Crippen LogP contribution in [0, 0.1) is 0 Å². The Labute approximate surface area is 191 Å². The number of fused-ring (bicyclic) bond motifs is 3. The predicted octanol–water partition coefficient (Wildman–Crippen LogP) is 4.20. The molecule has 31 heavy (non-hydrogen) atoms. The Hall–Kier alpha value is -2.50. The summed E-state index contributed by atoms with van der Waals surface area (Å²) in [6, 6.07) is 15.3. The third-order valence-electron chi connectivity index (χ3n) is 6.37. The Balaban J connectivity index is 1.44. The molecule has 0 spiro atoms. The molecule has 6 rings (SSSR count). The molecular formula is C25H19NO2SSeSi. The van der Waals surface area contributed by atoms with E-state index >= 15 is 0 Å². The van der Waals surface area contributed by atoms with Gasteiger partial charge in [0.25, 0.3) is 0 Å². The number of carbonyl (C=O) groups is 2. The SMILES string of the molecule is C[Si]1(C)c2ccccc2N(c2ccc(C=C3C(=O)C4=CCC=C4C3=O)[se]2)c2sccc21. The maximum atomic E-state index is 12.7. The molecule has 0 N–H and O–H groups in total. The molecule has 1 aromatic carbocycles. The van der Waals surface area contributed by atoms with Crippen LogP contribution >= 0.6 is 11.3 Å². The Kier molecular flexibility index (Phi) is 4.18. The molecule has 3 heterocycles. The predicted molar refractivity (Wildman–Crippen MR) is 131 cm³/mol. The van der Waals surface area contributed by atoms with E-state index in [0.29, 0.717) is 23.1 Å². The number of rotatable bonds is 2. The van der Waals surface area contributed by atoms with E-state index in [4.69, 9.17) is 0 Å². The molecule has 152 valence electrons. The average Bonchev–Trinajstić information content (AvgIpc) is 3.54. The average molecular weight is 505 g/mol. The number of para-hydroxylation sites is 1. The number of benzene rings is 1. The van der Waals surface area contributed by atoms with Crippen molar-refractivity contribution in [3.63, 3.8) is 0 Å². The number of hydrogen-bond donors (Lipinski definition) is 0. The molecule has 2 aromatic heterocycles. The van der Waals surface area contributed by atoms with Crippen LogP contribution in [0.15, 0.2) is 76.7 Å². The number of hydrogen-bond acceptors (Lipinski definition) is 4. The van der Waals surface area contributed by atoms with Crippen LogP contribution in [0.5, 0.6) is 0 Å². The van der Waals surface area contributed by atoms with Crippen molar-refractivity contribution in [3.8, 4) is 0 Å². The summed E-state index contributed by atoms with van der Waals surface area (Å²) in [4.78, 5) is 27.8. The maximum absolute atomic E-state index is 12.7. The molecule has 0 atom stereocenters. The zero-order valence-corrected chi connectivity index (χ0v) is 20.7. The summed E-state index contributed by atoms with van der Waals surface area (Å²) in [6.45, 7) is 4.85. The van der Waals surface area contributed by atoms with E-state index in [-0.39, 0.29) is 26.1 Å². The summed E-state index contributed by atoms with van der Waals surface area (Å²) < 4.78 is 2.31. The van der Waals surface area contributed by atoms with Gasteiger partial charge in [-0.2, -0.15) is 0 Å². The first-order valence-corrected chi connectivity index (χ1v) is 15.9. The van der Waals surface area contributed by atoms with E-state index in [9.17, 15) is 9.59 Å². The molecular weight excluding hydrogens is 485 g/mol. The molecule has 3 aromatic rings. The quantitative estimate of drug-likeness (QED) is 0.298. The van der Waals surface area contributed by atoms with Crippen LogP contribution in [0.2, 0.25) is 13.1 Å². The standard InChI is InChI=1S/C25H19NO2SSeSi/c1-31(2)20-9-4-3-8-19(20)26(25-21(31)12-13-29-25)22-11-10-15(30-22)14-18-23(27)16-6-5-7-17(16)24(18)28/h3-4,6-14H,5H2,1-2H3. The van der Waals surface area contributed by atoms with Crippen LogP contribution in [0.3, 0.4) is 0 Å². The number of Topliss-reactive ketones (excluding diaryl/α,β-unsaturated/α-hetero) is 2. The molecule has 3 nitrogen and oxygen atoms in total. The number of allylic oxidation sites excluding steroid dienone is 5. The fraction of sp³-hybridized carbons (Fsp3) is 0.120. The summed E-state index contributed by atoms with van der Waals surface area (Å²) in [5.41, 5.74) is 2.79. The van der Waals surface area contributed by atoms with Crippen molar-refractivity contribution in [1.82, 2.24) is 0 Å². The molecule has 1 saturated carbocycles. The number of ketones is 2. The van der Waals surface area contributed by atoms with Gasteiger partial charge in [0.05, 0.1) is 0 Å². The van der Waals surface area contributed by atoms with Gasteiger partial charge < -0.3 is 0 Å². The minimum absolute atomic E-state index is 0.0193. The Morgan fingerprint density at radius 2 is 1.71 bits per heavy atom. The van der Waals surface area contributed by atoms with Crippen LogP contribution in [0.25, 0.3) is 6.08 Å². The van der Waals surface area contributed by atoms with E-state index in [1.165, 1.54) is 25.6 Å². The molecule has 2 aliphatic carbocycles. The number of nitrogens with zero attached hydrogens (tertiary/aromatic N) is 1. The molecule has 0 amide bonds. The Morgan fingerprint density at radius 3 is 2.48 bits per heavy atom. The van der Waals surface area contributed by atoms with E-state index in [0.717, 1.165) is 4.44 Å². The van der Waals surface area contributed by atoms with Gasteiger partial charge in [-0.1, -0.05) is 0 Å². The van der Waals surface area contributed by atoms with Gasteiger partial charge >= 0.3 is 192 Å². The topological polar surface area (TPSA) is 37.4 Å². The van der Waals surface area contributed by atoms with Gasteiger partial charge in [0, 0.05) is 0 Å². The fourth-order valence-corrected chi connectivity index (χ4v) is 11.6. The second-order valence-electron chi connectivity index (χ2n) is 8.48. The monoisotopic (exact) mass is 505 g/mol. The van der Waals surface area contributed by atoms with Gasteiger partial charge in [0.15, 0.2) is 0 Å². The normalized spacial score (nSPS) is 18.5. The molecule has 3 aliphatic rings. The summed E-state index contributed by atoms with van der Waals surface area (Å²) in [5, 5.41) is 6.46. The van der Waals surface area contributed by atoms with Crippen LogP contribution in [0.4, 0.5) is 15.2 Å².